The fourth-order valence-corrected chi connectivity index (χ4v) is 3.11. The van der Waals surface area contributed by atoms with E-state index in [9.17, 15) is 5.11 Å². The van der Waals surface area contributed by atoms with Crippen LogP contribution in [0.15, 0.2) is 54.9 Å². The molecule has 3 N–H and O–H groups in total. The van der Waals surface area contributed by atoms with Crippen molar-refractivity contribution >= 4 is 34.0 Å². The fourth-order valence-electron chi connectivity index (χ4n) is 3.11. The van der Waals surface area contributed by atoms with Gasteiger partial charge in [0.2, 0.25) is 11.7 Å². The topological polar surface area (TPSA) is 111 Å². The van der Waals surface area contributed by atoms with E-state index >= 15 is 0 Å². The second-order valence-electron chi connectivity index (χ2n) is 6.53. The quantitative estimate of drug-likeness (QED) is 0.405. The summed E-state index contributed by atoms with van der Waals surface area (Å²) in [6.07, 6.45) is 3.34. The number of ether oxygens (including phenoxy) is 3. The van der Waals surface area contributed by atoms with Crippen molar-refractivity contribution in [2.75, 3.05) is 32.0 Å². The molecule has 0 atom stereocenters. The molecule has 31 heavy (non-hydrogen) atoms. The van der Waals surface area contributed by atoms with Crippen molar-refractivity contribution in [3.05, 3.63) is 54.9 Å². The van der Waals surface area contributed by atoms with Gasteiger partial charge in [0.05, 0.1) is 38.7 Å². The van der Waals surface area contributed by atoms with Crippen molar-refractivity contribution in [2.24, 2.45) is 0 Å². The third kappa shape index (κ3) is 4.35. The molecular weight excluding hydrogens is 398 g/mol. The highest BCUT2D eigenvalue weighted by Gasteiger charge is 2.14. The number of nitrogens with one attached hydrogen (secondary N) is 2. The molecule has 0 amide bonds. The van der Waals surface area contributed by atoms with Gasteiger partial charge in [-0.2, -0.15) is 4.98 Å². The summed E-state index contributed by atoms with van der Waals surface area (Å²) in [5.74, 6) is 2.68. The van der Waals surface area contributed by atoms with Crippen molar-refractivity contribution in [1.29, 1.82) is 0 Å². The number of aromatic nitrogens is 3. The molecule has 2 heterocycles. The normalized spacial score (nSPS) is 10.5. The number of phenolic OH excluding ortho intramolecular Hbond substituents is 1. The highest BCUT2D eigenvalue weighted by molar-refractivity contribution is 5.83. The number of hydrogen-bond acceptors (Lipinski definition) is 9. The van der Waals surface area contributed by atoms with Crippen molar-refractivity contribution in [2.45, 2.75) is 0 Å². The predicted octanol–water partition coefficient (Wildman–Crippen LogP) is 4.24. The summed E-state index contributed by atoms with van der Waals surface area (Å²) in [5, 5.41) is 16.8. The van der Waals surface area contributed by atoms with Crippen LogP contribution in [0.25, 0.3) is 10.9 Å². The largest absolute Gasteiger partial charge is 0.508 e. The number of anilines is 4. The third-order valence-electron chi connectivity index (χ3n) is 4.51. The summed E-state index contributed by atoms with van der Waals surface area (Å²) in [6, 6.07) is 12.2. The molecule has 0 saturated carbocycles. The summed E-state index contributed by atoms with van der Waals surface area (Å²) in [5.41, 5.74) is 2.20. The van der Waals surface area contributed by atoms with Gasteiger partial charge in [-0.1, -0.05) is 0 Å². The molecule has 2 aromatic heterocycles. The number of phenols is 1. The number of nitrogens with zero attached hydrogens (tertiary/aromatic N) is 3. The zero-order valence-corrected chi connectivity index (χ0v) is 17.2. The molecule has 9 nitrogen and oxygen atoms in total. The molecule has 0 bridgehead atoms. The number of aromatic hydroxyl groups is 1. The van der Waals surface area contributed by atoms with Crippen LogP contribution in [0.4, 0.5) is 23.1 Å². The van der Waals surface area contributed by atoms with Crippen LogP contribution in [0.3, 0.4) is 0 Å². The lowest BCUT2D eigenvalue weighted by Gasteiger charge is -2.15. The van der Waals surface area contributed by atoms with Gasteiger partial charge < -0.3 is 30.0 Å². The first-order valence-corrected chi connectivity index (χ1v) is 9.35. The SMILES string of the molecule is COc1cc(Nc2nccc(Nc3cnc4ccc(O)cc4c3)n2)cc(OC)c1OC. The van der Waals surface area contributed by atoms with E-state index in [0.717, 1.165) is 16.6 Å². The lowest BCUT2D eigenvalue weighted by molar-refractivity contribution is 0.324. The molecule has 0 aliphatic heterocycles. The van der Waals surface area contributed by atoms with Crippen LogP contribution in [-0.2, 0) is 0 Å². The van der Waals surface area contributed by atoms with E-state index < -0.39 is 0 Å². The Labute approximate surface area is 178 Å². The Bertz CT molecular complexity index is 1210. The Morgan fingerprint density at radius 1 is 0.806 bits per heavy atom. The molecule has 158 valence electrons. The summed E-state index contributed by atoms with van der Waals surface area (Å²) >= 11 is 0. The fraction of sp³-hybridized carbons (Fsp3) is 0.136. The molecule has 0 aliphatic rings. The highest BCUT2D eigenvalue weighted by atomic mass is 16.5. The molecule has 0 unspecified atom stereocenters. The minimum atomic E-state index is 0.185. The van der Waals surface area contributed by atoms with Gasteiger partial charge in [0.1, 0.15) is 11.6 Å². The molecular formula is C22H21N5O4. The third-order valence-corrected chi connectivity index (χ3v) is 4.51. The van der Waals surface area contributed by atoms with Crippen LogP contribution in [0.5, 0.6) is 23.0 Å². The van der Waals surface area contributed by atoms with E-state index in [2.05, 4.69) is 25.6 Å². The van der Waals surface area contributed by atoms with E-state index in [4.69, 9.17) is 14.2 Å². The first-order valence-electron chi connectivity index (χ1n) is 9.35. The molecule has 0 fully saturated rings. The zero-order valence-electron chi connectivity index (χ0n) is 17.2. The van der Waals surface area contributed by atoms with Gasteiger partial charge in [0, 0.05) is 29.4 Å². The maximum absolute atomic E-state index is 9.69. The Kier molecular flexibility index (Phi) is 5.57. The van der Waals surface area contributed by atoms with Crippen LogP contribution in [0, 0.1) is 0 Å². The Hall–Kier alpha value is -4.27. The summed E-state index contributed by atoms with van der Waals surface area (Å²) in [6.45, 7) is 0. The molecule has 0 aliphatic carbocycles. The van der Waals surface area contributed by atoms with Crippen LogP contribution in [-0.4, -0.2) is 41.4 Å². The second-order valence-corrected chi connectivity index (χ2v) is 6.53. The monoisotopic (exact) mass is 419 g/mol. The lowest BCUT2D eigenvalue weighted by atomic mass is 10.2. The van der Waals surface area contributed by atoms with Gasteiger partial charge in [0.15, 0.2) is 11.5 Å². The number of fused-ring (bicyclic) bond motifs is 1. The van der Waals surface area contributed by atoms with Gasteiger partial charge >= 0.3 is 0 Å². The van der Waals surface area contributed by atoms with Crippen molar-refractivity contribution in [1.82, 2.24) is 15.0 Å². The summed E-state index contributed by atoms with van der Waals surface area (Å²) in [7, 11) is 4.66. The highest BCUT2D eigenvalue weighted by Crippen LogP contribution is 2.40. The van der Waals surface area contributed by atoms with Crippen LogP contribution in [0.2, 0.25) is 0 Å². The maximum atomic E-state index is 9.69. The van der Waals surface area contributed by atoms with Crippen LogP contribution >= 0.6 is 0 Å². The Morgan fingerprint density at radius 3 is 2.29 bits per heavy atom. The standard InChI is InChI=1S/C22H21N5O4/c1-29-18-10-14(11-19(30-2)21(18)31-3)26-22-23-7-6-20(27-22)25-15-8-13-9-16(28)4-5-17(13)24-12-15/h4-12,28H,1-3H3,(H2,23,25,26,27). The van der Waals surface area contributed by atoms with Gasteiger partial charge in [-0.05, 0) is 30.3 Å². The number of rotatable bonds is 7. The van der Waals surface area contributed by atoms with Gasteiger partial charge in [0.25, 0.3) is 0 Å². The van der Waals surface area contributed by atoms with Gasteiger partial charge in [-0.25, -0.2) is 4.98 Å². The number of benzene rings is 2. The number of methoxy groups -OCH3 is 3. The van der Waals surface area contributed by atoms with Gasteiger partial charge in [-0.15, -0.1) is 0 Å². The molecule has 4 aromatic rings. The molecule has 4 rings (SSSR count). The van der Waals surface area contributed by atoms with E-state index in [0.29, 0.717) is 34.7 Å². The molecule has 9 heteroatoms. The van der Waals surface area contributed by atoms with Crippen molar-refractivity contribution in [3.63, 3.8) is 0 Å². The number of pyridine rings is 1. The number of hydrogen-bond donors (Lipinski definition) is 3. The zero-order chi connectivity index (χ0) is 21.8. The van der Waals surface area contributed by atoms with Crippen molar-refractivity contribution < 1.29 is 19.3 Å². The van der Waals surface area contributed by atoms with E-state index in [1.807, 2.05) is 6.07 Å². The van der Waals surface area contributed by atoms with Gasteiger partial charge in [-0.3, -0.25) is 4.98 Å². The molecule has 0 radical (unpaired) electrons. The average molecular weight is 419 g/mol. The lowest BCUT2D eigenvalue weighted by Crippen LogP contribution is -2.02. The summed E-state index contributed by atoms with van der Waals surface area (Å²) in [4.78, 5) is 13.1. The predicted molar refractivity (Wildman–Crippen MR) is 118 cm³/mol. The molecule has 0 saturated heterocycles. The first kappa shape index (κ1) is 20.0. The summed E-state index contributed by atoms with van der Waals surface area (Å²) < 4.78 is 16.1. The van der Waals surface area contributed by atoms with Crippen molar-refractivity contribution in [3.8, 4) is 23.0 Å². The smallest absolute Gasteiger partial charge is 0.229 e. The molecule has 0 spiro atoms. The molecule has 2 aromatic carbocycles. The van der Waals surface area contributed by atoms with Crippen LogP contribution in [0.1, 0.15) is 0 Å². The van der Waals surface area contributed by atoms with E-state index in [-0.39, 0.29) is 5.75 Å². The Morgan fingerprint density at radius 2 is 1.58 bits per heavy atom. The maximum Gasteiger partial charge on any atom is 0.229 e. The minimum Gasteiger partial charge on any atom is -0.508 e. The first-order chi connectivity index (χ1) is 15.1. The van der Waals surface area contributed by atoms with E-state index in [1.165, 1.54) is 0 Å². The Balaban J connectivity index is 1.58. The minimum absolute atomic E-state index is 0.185. The average Bonchev–Trinajstić information content (AvgIpc) is 2.78. The van der Waals surface area contributed by atoms with E-state index in [1.54, 1.807) is 70.1 Å². The second kappa shape index (κ2) is 8.62. The van der Waals surface area contributed by atoms with Crippen LogP contribution < -0.4 is 24.8 Å².